The predicted molar refractivity (Wildman–Crippen MR) is 70.9 cm³/mol. The molecule has 3 nitrogen and oxygen atoms in total. The van der Waals surface area contributed by atoms with E-state index in [9.17, 15) is 5.11 Å². The second-order valence-electron chi connectivity index (χ2n) is 3.76. The lowest BCUT2D eigenvalue weighted by Crippen LogP contribution is -2.02. The summed E-state index contributed by atoms with van der Waals surface area (Å²) in [7, 11) is 0. The van der Waals surface area contributed by atoms with E-state index in [-0.39, 0.29) is 0 Å². The molecule has 0 aliphatic heterocycles. The quantitative estimate of drug-likeness (QED) is 0.408. The third kappa shape index (κ3) is 17.3. The van der Waals surface area contributed by atoms with Crippen molar-refractivity contribution in [3.05, 3.63) is 30.5 Å². The second-order valence-corrected chi connectivity index (χ2v) is 3.76. The third-order valence-corrected chi connectivity index (χ3v) is 2.06. The maximum Gasteiger partial charge on any atom is 0.300 e. The highest BCUT2D eigenvalue weighted by Gasteiger charge is 2.02. The van der Waals surface area contributed by atoms with Gasteiger partial charge in [0.25, 0.3) is 5.97 Å². The molecule has 0 amide bonds. The van der Waals surface area contributed by atoms with Gasteiger partial charge in [0.1, 0.15) is 0 Å². The summed E-state index contributed by atoms with van der Waals surface area (Å²) >= 11 is 0. The van der Waals surface area contributed by atoms with Gasteiger partial charge in [0.15, 0.2) is 0 Å². The minimum absolute atomic E-state index is 0.439. The van der Waals surface area contributed by atoms with Crippen molar-refractivity contribution >= 4 is 5.97 Å². The van der Waals surface area contributed by atoms with Crippen LogP contribution in [-0.2, 0) is 4.79 Å². The minimum Gasteiger partial charge on any atom is -0.481 e. The van der Waals surface area contributed by atoms with Crippen molar-refractivity contribution in [2.45, 2.75) is 52.1 Å². The van der Waals surface area contributed by atoms with E-state index in [1.165, 1.54) is 12.8 Å². The van der Waals surface area contributed by atoms with Gasteiger partial charge in [0, 0.05) is 13.3 Å². The van der Waals surface area contributed by atoms with Crippen LogP contribution in [0.1, 0.15) is 46.0 Å². The summed E-state index contributed by atoms with van der Waals surface area (Å²) in [5, 5.41) is 16.7. The van der Waals surface area contributed by atoms with Crippen molar-refractivity contribution in [3.63, 3.8) is 0 Å². The summed E-state index contributed by atoms with van der Waals surface area (Å²) in [6.07, 6.45) is 6.36. The molecule has 0 aromatic heterocycles. The standard InChI is InChI=1S/C12H20O.C2H4O2/c1-4-7-8-9-11(5-2)10-12(13)6-3;1-2(3)4/h6,12-13H,2-4,7-10H2,1H3;1H3,(H,3,4)/t12-;/m1./s1. The first-order valence-electron chi connectivity index (χ1n) is 5.85. The smallest absolute Gasteiger partial charge is 0.300 e. The SMILES string of the molecule is C=C=C(CCCCC)C[C@H](O)C=C.CC(=O)O. The molecule has 0 spiro atoms. The molecule has 0 aliphatic carbocycles. The van der Waals surface area contributed by atoms with E-state index in [1.54, 1.807) is 6.08 Å². The Balaban J connectivity index is 0. The molecule has 0 bridgehead atoms. The topological polar surface area (TPSA) is 57.5 Å². The Labute approximate surface area is 104 Å². The van der Waals surface area contributed by atoms with Crippen molar-refractivity contribution in [2.75, 3.05) is 0 Å². The zero-order valence-electron chi connectivity index (χ0n) is 10.9. The third-order valence-electron chi connectivity index (χ3n) is 2.06. The lowest BCUT2D eigenvalue weighted by atomic mass is 10.0. The van der Waals surface area contributed by atoms with Gasteiger partial charge in [0.05, 0.1) is 6.10 Å². The van der Waals surface area contributed by atoms with Crippen LogP contribution in [0, 0.1) is 0 Å². The molecule has 0 fully saturated rings. The zero-order valence-corrected chi connectivity index (χ0v) is 10.9. The first-order valence-corrected chi connectivity index (χ1v) is 5.85. The van der Waals surface area contributed by atoms with Crippen LogP contribution in [0.4, 0.5) is 0 Å². The molecule has 98 valence electrons. The average molecular weight is 240 g/mol. The van der Waals surface area contributed by atoms with Crippen LogP contribution in [-0.4, -0.2) is 22.3 Å². The Morgan fingerprint density at radius 1 is 1.47 bits per heavy atom. The molecule has 0 rings (SSSR count). The molecule has 0 unspecified atom stereocenters. The number of carboxylic acid groups (broad SMARTS) is 1. The van der Waals surface area contributed by atoms with Crippen LogP contribution >= 0.6 is 0 Å². The molecular formula is C14H24O3. The summed E-state index contributed by atoms with van der Waals surface area (Å²) in [5.41, 5.74) is 4.00. The van der Waals surface area contributed by atoms with E-state index >= 15 is 0 Å². The number of aliphatic hydroxyl groups excluding tert-OH is 1. The Bertz CT molecular complexity index is 259. The van der Waals surface area contributed by atoms with Crippen molar-refractivity contribution in [1.29, 1.82) is 0 Å². The number of aliphatic hydroxyl groups is 1. The Morgan fingerprint density at radius 3 is 2.35 bits per heavy atom. The monoisotopic (exact) mass is 240 g/mol. The van der Waals surface area contributed by atoms with Crippen LogP contribution in [0.3, 0.4) is 0 Å². The van der Waals surface area contributed by atoms with E-state index in [2.05, 4.69) is 25.8 Å². The van der Waals surface area contributed by atoms with Gasteiger partial charge in [-0.2, -0.15) is 0 Å². The number of carboxylic acids is 1. The van der Waals surface area contributed by atoms with Crippen LogP contribution in [0.15, 0.2) is 30.5 Å². The van der Waals surface area contributed by atoms with Crippen molar-refractivity contribution in [3.8, 4) is 0 Å². The molecule has 1 atom stereocenters. The fraction of sp³-hybridized carbons (Fsp3) is 0.571. The van der Waals surface area contributed by atoms with Gasteiger partial charge in [-0.3, -0.25) is 4.79 Å². The van der Waals surface area contributed by atoms with Gasteiger partial charge >= 0.3 is 0 Å². The number of unbranched alkanes of at least 4 members (excludes halogenated alkanes) is 2. The number of aliphatic carboxylic acids is 1. The molecule has 0 aromatic carbocycles. The van der Waals surface area contributed by atoms with E-state index in [1.807, 2.05) is 0 Å². The molecule has 0 aliphatic rings. The Morgan fingerprint density at radius 2 is 2.00 bits per heavy atom. The molecule has 0 aromatic rings. The van der Waals surface area contributed by atoms with Crippen molar-refractivity contribution in [2.24, 2.45) is 0 Å². The molecule has 2 N–H and O–H groups in total. The molecule has 0 radical (unpaired) electrons. The fourth-order valence-electron chi connectivity index (χ4n) is 1.19. The molecule has 0 saturated heterocycles. The molecule has 17 heavy (non-hydrogen) atoms. The first kappa shape index (κ1) is 18.1. The summed E-state index contributed by atoms with van der Waals surface area (Å²) in [5.74, 6) is -0.833. The van der Waals surface area contributed by atoms with Gasteiger partial charge < -0.3 is 10.2 Å². The maximum atomic E-state index is 9.31. The highest BCUT2D eigenvalue weighted by molar-refractivity contribution is 5.62. The van der Waals surface area contributed by atoms with Crippen LogP contribution in [0.25, 0.3) is 0 Å². The summed E-state index contributed by atoms with van der Waals surface area (Å²) in [6.45, 7) is 10.4. The number of carbonyl (C=O) groups is 1. The van der Waals surface area contributed by atoms with Gasteiger partial charge in [-0.1, -0.05) is 32.4 Å². The predicted octanol–water partition coefficient (Wildman–Crippen LogP) is 3.31. The average Bonchev–Trinajstić information content (AvgIpc) is 2.27. The molecule has 3 heteroatoms. The van der Waals surface area contributed by atoms with Crippen LogP contribution < -0.4 is 0 Å². The normalized spacial score (nSPS) is 10.5. The largest absolute Gasteiger partial charge is 0.481 e. The zero-order chi connectivity index (χ0) is 13.7. The van der Waals surface area contributed by atoms with E-state index in [4.69, 9.17) is 9.90 Å². The minimum atomic E-state index is -0.833. The number of rotatable bonds is 7. The van der Waals surface area contributed by atoms with Crippen molar-refractivity contribution < 1.29 is 15.0 Å². The Kier molecular flexibility index (Phi) is 13.6. The highest BCUT2D eigenvalue weighted by Crippen LogP contribution is 2.13. The second kappa shape index (κ2) is 12.8. The summed E-state index contributed by atoms with van der Waals surface area (Å²) in [4.78, 5) is 9.00. The highest BCUT2D eigenvalue weighted by atomic mass is 16.4. The van der Waals surface area contributed by atoms with Gasteiger partial charge in [0.2, 0.25) is 0 Å². The lowest BCUT2D eigenvalue weighted by molar-refractivity contribution is -0.134. The molecule has 0 heterocycles. The maximum absolute atomic E-state index is 9.31. The van der Waals surface area contributed by atoms with Gasteiger partial charge in [-0.05, 0) is 18.4 Å². The molecule has 0 saturated carbocycles. The van der Waals surface area contributed by atoms with Crippen molar-refractivity contribution in [1.82, 2.24) is 0 Å². The molecular weight excluding hydrogens is 216 g/mol. The first-order chi connectivity index (χ1) is 7.97. The summed E-state index contributed by atoms with van der Waals surface area (Å²) in [6, 6.07) is 0. The van der Waals surface area contributed by atoms with E-state index in [0.29, 0.717) is 6.42 Å². The lowest BCUT2D eigenvalue weighted by Gasteiger charge is -2.07. The number of hydrogen-bond acceptors (Lipinski definition) is 2. The van der Waals surface area contributed by atoms with E-state index in [0.717, 1.165) is 25.3 Å². The Hall–Kier alpha value is -1.31. The summed E-state index contributed by atoms with van der Waals surface area (Å²) < 4.78 is 0. The van der Waals surface area contributed by atoms with Crippen LogP contribution in [0.2, 0.25) is 0 Å². The van der Waals surface area contributed by atoms with E-state index < -0.39 is 12.1 Å². The number of hydrogen-bond donors (Lipinski definition) is 2. The van der Waals surface area contributed by atoms with Crippen LogP contribution in [0.5, 0.6) is 0 Å². The van der Waals surface area contributed by atoms with Gasteiger partial charge in [-0.15, -0.1) is 12.3 Å². The van der Waals surface area contributed by atoms with Gasteiger partial charge in [-0.25, -0.2) is 0 Å². The fourth-order valence-corrected chi connectivity index (χ4v) is 1.19.